The van der Waals surface area contributed by atoms with E-state index in [0.717, 1.165) is 0 Å². The van der Waals surface area contributed by atoms with Gasteiger partial charge in [0, 0.05) is 7.05 Å². The zero-order chi connectivity index (χ0) is 10.9. The molecule has 0 fully saturated rings. The molecule has 0 N–H and O–H groups in total. The van der Waals surface area contributed by atoms with Gasteiger partial charge in [-0.25, -0.2) is 13.4 Å². The SMILES string of the molecule is CC(C)S(=O)(=O)Cc1cnc(Br)n1C. The predicted octanol–water partition coefficient (Wildman–Crippen LogP) is 1.51. The third-order valence-corrected chi connectivity index (χ3v) is 4.97. The summed E-state index contributed by atoms with van der Waals surface area (Å²) in [6.45, 7) is 3.36. The van der Waals surface area contributed by atoms with E-state index >= 15 is 0 Å². The minimum atomic E-state index is -3.04. The maximum absolute atomic E-state index is 11.6. The van der Waals surface area contributed by atoms with Crippen LogP contribution < -0.4 is 0 Å². The van der Waals surface area contributed by atoms with Crippen LogP contribution in [0.4, 0.5) is 0 Å². The Morgan fingerprint density at radius 2 is 2.14 bits per heavy atom. The normalized spacial score (nSPS) is 12.4. The minimum Gasteiger partial charge on any atom is -0.325 e. The summed E-state index contributed by atoms with van der Waals surface area (Å²) in [4.78, 5) is 3.97. The average molecular weight is 281 g/mol. The van der Waals surface area contributed by atoms with Gasteiger partial charge in [0.2, 0.25) is 0 Å². The summed E-state index contributed by atoms with van der Waals surface area (Å²) in [6.07, 6.45) is 1.57. The summed E-state index contributed by atoms with van der Waals surface area (Å²) < 4.78 is 25.6. The lowest BCUT2D eigenvalue weighted by Gasteiger charge is -2.07. The maximum Gasteiger partial charge on any atom is 0.177 e. The highest BCUT2D eigenvalue weighted by Crippen LogP contribution is 2.14. The summed E-state index contributed by atoms with van der Waals surface area (Å²) in [5.41, 5.74) is 0.700. The Morgan fingerprint density at radius 1 is 1.57 bits per heavy atom. The van der Waals surface area contributed by atoms with E-state index in [0.29, 0.717) is 10.4 Å². The Bertz CT molecular complexity index is 423. The molecular weight excluding hydrogens is 268 g/mol. The Kier molecular flexibility index (Phi) is 3.36. The van der Waals surface area contributed by atoms with Crippen LogP contribution in [0.25, 0.3) is 0 Å². The Balaban J connectivity index is 2.96. The van der Waals surface area contributed by atoms with Crippen molar-refractivity contribution in [1.29, 1.82) is 0 Å². The molecule has 14 heavy (non-hydrogen) atoms. The van der Waals surface area contributed by atoms with Gasteiger partial charge in [0.15, 0.2) is 14.6 Å². The standard InChI is InChI=1S/C8H13BrN2O2S/c1-6(2)14(12,13)5-7-4-10-8(9)11(7)3/h4,6H,5H2,1-3H3. The summed E-state index contributed by atoms with van der Waals surface area (Å²) in [7, 11) is -1.26. The lowest BCUT2D eigenvalue weighted by Crippen LogP contribution is -2.17. The molecule has 4 nitrogen and oxygen atoms in total. The number of rotatable bonds is 3. The van der Waals surface area contributed by atoms with Crippen molar-refractivity contribution in [2.24, 2.45) is 7.05 Å². The quantitative estimate of drug-likeness (QED) is 0.843. The molecular formula is C8H13BrN2O2S. The fourth-order valence-electron chi connectivity index (χ4n) is 0.926. The van der Waals surface area contributed by atoms with Crippen molar-refractivity contribution < 1.29 is 8.42 Å². The van der Waals surface area contributed by atoms with E-state index in [-0.39, 0.29) is 11.0 Å². The van der Waals surface area contributed by atoms with Crippen LogP contribution in [0.15, 0.2) is 10.9 Å². The largest absolute Gasteiger partial charge is 0.325 e. The van der Waals surface area contributed by atoms with Crippen LogP contribution in [-0.4, -0.2) is 23.2 Å². The van der Waals surface area contributed by atoms with Crippen LogP contribution in [0, 0.1) is 0 Å². The monoisotopic (exact) mass is 280 g/mol. The summed E-state index contributed by atoms with van der Waals surface area (Å²) in [5, 5.41) is -0.351. The van der Waals surface area contributed by atoms with Gasteiger partial charge in [-0.3, -0.25) is 0 Å². The van der Waals surface area contributed by atoms with Gasteiger partial charge in [-0.1, -0.05) is 0 Å². The molecule has 1 aromatic rings. The number of hydrogen-bond donors (Lipinski definition) is 0. The second-order valence-corrected chi connectivity index (χ2v) is 6.70. The molecule has 0 unspecified atom stereocenters. The van der Waals surface area contributed by atoms with E-state index in [1.807, 2.05) is 0 Å². The van der Waals surface area contributed by atoms with Crippen molar-refractivity contribution in [1.82, 2.24) is 9.55 Å². The van der Waals surface area contributed by atoms with Gasteiger partial charge in [-0.05, 0) is 29.8 Å². The van der Waals surface area contributed by atoms with Gasteiger partial charge >= 0.3 is 0 Å². The number of nitrogens with zero attached hydrogens (tertiary/aromatic N) is 2. The van der Waals surface area contributed by atoms with Crippen LogP contribution in [0.5, 0.6) is 0 Å². The molecule has 0 atom stereocenters. The summed E-state index contributed by atoms with van der Waals surface area (Å²) in [6, 6.07) is 0. The summed E-state index contributed by atoms with van der Waals surface area (Å²) >= 11 is 3.22. The minimum absolute atomic E-state index is 0.0414. The number of sulfone groups is 1. The van der Waals surface area contributed by atoms with Crippen LogP contribution in [0.1, 0.15) is 19.5 Å². The van der Waals surface area contributed by atoms with E-state index in [2.05, 4.69) is 20.9 Å². The molecule has 0 aromatic carbocycles. The van der Waals surface area contributed by atoms with E-state index in [9.17, 15) is 8.42 Å². The van der Waals surface area contributed by atoms with Crippen LogP contribution >= 0.6 is 15.9 Å². The van der Waals surface area contributed by atoms with Crippen molar-refractivity contribution in [3.05, 3.63) is 16.6 Å². The second-order valence-electron chi connectivity index (χ2n) is 3.43. The smallest absolute Gasteiger partial charge is 0.177 e. The lowest BCUT2D eigenvalue weighted by atomic mass is 10.5. The zero-order valence-electron chi connectivity index (χ0n) is 8.36. The third-order valence-electron chi connectivity index (χ3n) is 2.09. The molecule has 0 bridgehead atoms. The Labute approximate surface area is 92.4 Å². The molecule has 0 aliphatic carbocycles. The van der Waals surface area contributed by atoms with Gasteiger partial charge < -0.3 is 4.57 Å². The molecule has 0 radical (unpaired) electrons. The highest BCUT2D eigenvalue weighted by atomic mass is 79.9. The molecule has 0 saturated carbocycles. The molecule has 0 aliphatic heterocycles. The molecule has 0 amide bonds. The van der Waals surface area contributed by atoms with Gasteiger partial charge in [-0.15, -0.1) is 0 Å². The molecule has 0 spiro atoms. The number of halogens is 1. The first-order valence-electron chi connectivity index (χ1n) is 4.22. The van der Waals surface area contributed by atoms with Crippen molar-refractivity contribution in [2.45, 2.75) is 24.9 Å². The van der Waals surface area contributed by atoms with Gasteiger partial charge in [0.05, 0.1) is 22.9 Å². The van der Waals surface area contributed by atoms with Gasteiger partial charge in [0.25, 0.3) is 0 Å². The topological polar surface area (TPSA) is 52.0 Å². The average Bonchev–Trinajstić information content (AvgIpc) is 2.35. The predicted molar refractivity (Wildman–Crippen MR) is 58.7 cm³/mol. The van der Waals surface area contributed by atoms with E-state index < -0.39 is 9.84 Å². The Morgan fingerprint density at radius 3 is 2.50 bits per heavy atom. The van der Waals surface area contributed by atoms with Crippen molar-refractivity contribution >= 4 is 25.8 Å². The van der Waals surface area contributed by atoms with E-state index in [1.54, 1.807) is 31.7 Å². The van der Waals surface area contributed by atoms with Crippen molar-refractivity contribution in [3.8, 4) is 0 Å². The van der Waals surface area contributed by atoms with Crippen LogP contribution in [0.3, 0.4) is 0 Å². The first-order chi connectivity index (χ1) is 6.34. The van der Waals surface area contributed by atoms with Crippen LogP contribution in [0.2, 0.25) is 0 Å². The number of aromatic nitrogens is 2. The zero-order valence-corrected chi connectivity index (χ0v) is 10.8. The molecule has 0 saturated heterocycles. The lowest BCUT2D eigenvalue weighted by molar-refractivity contribution is 0.584. The number of hydrogen-bond acceptors (Lipinski definition) is 3. The fraction of sp³-hybridized carbons (Fsp3) is 0.625. The highest BCUT2D eigenvalue weighted by molar-refractivity contribution is 9.10. The molecule has 0 aliphatic rings. The molecule has 1 rings (SSSR count). The molecule has 1 aromatic heterocycles. The third kappa shape index (κ3) is 2.36. The highest BCUT2D eigenvalue weighted by Gasteiger charge is 2.19. The van der Waals surface area contributed by atoms with Crippen molar-refractivity contribution in [3.63, 3.8) is 0 Å². The first-order valence-corrected chi connectivity index (χ1v) is 6.73. The number of imidazole rings is 1. The van der Waals surface area contributed by atoms with E-state index in [4.69, 9.17) is 0 Å². The van der Waals surface area contributed by atoms with E-state index in [1.165, 1.54) is 0 Å². The second kappa shape index (κ2) is 4.02. The molecule has 80 valence electrons. The fourth-order valence-corrected chi connectivity index (χ4v) is 2.27. The molecule has 6 heteroatoms. The van der Waals surface area contributed by atoms with Gasteiger partial charge in [-0.2, -0.15) is 0 Å². The first kappa shape index (κ1) is 11.7. The maximum atomic E-state index is 11.6. The van der Waals surface area contributed by atoms with Crippen molar-refractivity contribution in [2.75, 3.05) is 0 Å². The van der Waals surface area contributed by atoms with Crippen LogP contribution in [-0.2, 0) is 22.6 Å². The Hall–Kier alpha value is -0.360. The molecule has 1 heterocycles. The van der Waals surface area contributed by atoms with Gasteiger partial charge in [0.1, 0.15) is 0 Å². The summed E-state index contributed by atoms with van der Waals surface area (Å²) in [5.74, 6) is 0.0414.